The molecule has 1 atom stereocenters. The molecule has 1 aromatic carbocycles. The Hall–Kier alpha value is -2.26. The lowest BCUT2D eigenvalue weighted by Crippen LogP contribution is -2.42. The summed E-state index contributed by atoms with van der Waals surface area (Å²) in [5.41, 5.74) is 1.48. The SMILES string of the molecule is NC(=CC=NC1=NOC(c2cc(Cl)cc(Cl)c2)(C(F)(F)F)C1)C(=O)O. The molecule has 0 saturated carbocycles. The molecule has 0 aromatic heterocycles. The zero-order chi connectivity index (χ0) is 18.8. The zero-order valence-electron chi connectivity index (χ0n) is 12.2. The first kappa shape index (κ1) is 19.1. The average Bonchev–Trinajstić information content (AvgIpc) is 2.91. The van der Waals surface area contributed by atoms with Gasteiger partial charge in [0.05, 0.1) is 6.42 Å². The van der Waals surface area contributed by atoms with Gasteiger partial charge in [-0.1, -0.05) is 28.4 Å². The van der Waals surface area contributed by atoms with Crippen molar-refractivity contribution in [1.82, 2.24) is 0 Å². The van der Waals surface area contributed by atoms with Crippen LogP contribution in [0.2, 0.25) is 10.0 Å². The van der Waals surface area contributed by atoms with E-state index in [0.717, 1.165) is 24.4 Å². The number of aliphatic imine (C=N–C) groups is 1. The largest absolute Gasteiger partial charge is 0.477 e. The number of carboxylic acids is 1. The number of amidine groups is 1. The minimum Gasteiger partial charge on any atom is -0.477 e. The maximum Gasteiger partial charge on any atom is 0.435 e. The van der Waals surface area contributed by atoms with Crippen molar-refractivity contribution in [1.29, 1.82) is 0 Å². The van der Waals surface area contributed by atoms with Crippen molar-refractivity contribution in [3.8, 4) is 0 Å². The summed E-state index contributed by atoms with van der Waals surface area (Å²) in [6.45, 7) is 0. The molecule has 0 amide bonds. The fourth-order valence-corrected chi connectivity index (χ4v) is 2.55. The van der Waals surface area contributed by atoms with Crippen LogP contribution in [-0.2, 0) is 15.2 Å². The van der Waals surface area contributed by atoms with E-state index in [0.29, 0.717) is 0 Å². The van der Waals surface area contributed by atoms with E-state index < -0.39 is 29.9 Å². The third-order valence-corrected chi connectivity index (χ3v) is 3.66. The molecule has 0 aliphatic carbocycles. The fraction of sp³-hybridized carbons (Fsp3) is 0.214. The molecule has 1 unspecified atom stereocenters. The van der Waals surface area contributed by atoms with Crippen LogP contribution in [0.4, 0.5) is 13.2 Å². The van der Waals surface area contributed by atoms with Crippen molar-refractivity contribution in [3.05, 3.63) is 45.6 Å². The van der Waals surface area contributed by atoms with Gasteiger partial charge in [0, 0.05) is 21.8 Å². The monoisotopic (exact) mass is 395 g/mol. The molecular weight excluding hydrogens is 386 g/mol. The van der Waals surface area contributed by atoms with Gasteiger partial charge in [-0.25, -0.2) is 9.79 Å². The number of oxime groups is 1. The Kier molecular flexibility index (Phi) is 5.28. The molecule has 134 valence electrons. The first-order valence-corrected chi connectivity index (χ1v) is 7.32. The number of rotatable bonds is 3. The number of halogens is 5. The average molecular weight is 396 g/mol. The molecule has 0 radical (unpaired) electrons. The van der Waals surface area contributed by atoms with E-state index in [-0.39, 0.29) is 21.4 Å². The van der Waals surface area contributed by atoms with Gasteiger partial charge in [-0.3, -0.25) is 0 Å². The van der Waals surface area contributed by atoms with E-state index >= 15 is 0 Å². The summed E-state index contributed by atoms with van der Waals surface area (Å²) in [5, 5.41) is 11.9. The van der Waals surface area contributed by atoms with Crippen LogP contribution in [-0.4, -0.2) is 29.3 Å². The molecule has 1 aromatic rings. The Balaban J connectivity index is 2.33. The number of hydrogen-bond acceptors (Lipinski definition) is 5. The van der Waals surface area contributed by atoms with Gasteiger partial charge in [0.2, 0.25) is 0 Å². The molecule has 1 heterocycles. The van der Waals surface area contributed by atoms with Gasteiger partial charge < -0.3 is 15.7 Å². The van der Waals surface area contributed by atoms with Gasteiger partial charge in [0.1, 0.15) is 5.70 Å². The Morgan fingerprint density at radius 2 is 1.96 bits per heavy atom. The summed E-state index contributed by atoms with van der Waals surface area (Å²) in [7, 11) is 0. The highest BCUT2D eigenvalue weighted by atomic mass is 35.5. The molecule has 0 fully saturated rings. The van der Waals surface area contributed by atoms with Crippen LogP contribution in [0.5, 0.6) is 0 Å². The molecule has 3 N–H and O–H groups in total. The predicted octanol–water partition coefficient (Wildman–Crippen LogP) is 3.48. The summed E-state index contributed by atoms with van der Waals surface area (Å²) >= 11 is 11.5. The number of carbonyl (C=O) groups is 1. The maximum atomic E-state index is 13.6. The topological polar surface area (TPSA) is 97.3 Å². The number of alkyl halides is 3. The summed E-state index contributed by atoms with van der Waals surface area (Å²) in [5.74, 6) is -1.70. The summed E-state index contributed by atoms with van der Waals surface area (Å²) in [4.78, 5) is 18.8. The first-order valence-electron chi connectivity index (χ1n) is 6.56. The highest BCUT2D eigenvalue weighted by Gasteiger charge is 2.62. The molecule has 6 nitrogen and oxygen atoms in total. The molecule has 1 aliphatic heterocycles. The van der Waals surface area contributed by atoms with Crippen molar-refractivity contribution in [2.45, 2.75) is 18.2 Å². The second kappa shape index (κ2) is 6.93. The van der Waals surface area contributed by atoms with Crippen LogP contribution in [0.1, 0.15) is 12.0 Å². The van der Waals surface area contributed by atoms with Gasteiger partial charge in [-0.2, -0.15) is 13.2 Å². The third-order valence-electron chi connectivity index (χ3n) is 3.23. The maximum absolute atomic E-state index is 13.6. The molecule has 1 aliphatic rings. The van der Waals surface area contributed by atoms with Gasteiger partial charge in [-0.05, 0) is 24.3 Å². The van der Waals surface area contributed by atoms with Crippen LogP contribution in [0.25, 0.3) is 0 Å². The minimum absolute atomic E-state index is 0.00356. The molecule has 25 heavy (non-hydrogen) atoms. The van der Waals surface area contributed by atoms with Crippen molar-refractivity contribution in [2.75, 3.05) is 0 Å². The molecular formula is C14H10Cl2F3N3O3. The van der Waals surface area contributed by atoms with E-state index in [9.17, 15) is 18.0 Å². The number of nitrogens with two attached hydrogens (primary N) is 1. The number of nitrogens with zero attached hydrogens (tertiary/aromatic N) is 2. The quantitative estimate of drug-likeness (QED) is 0.604. The molecule has 11 heteroatoms. The van der Waals surface area contributed by atoms with Gasteiger partial charge in [-0.15, -0.1) is 0 Å². The van der Waals surface area contributed by atoms with Crippen LogP contribution in [0, 0.1) is 0 Å². The standard InChI is InChI=1S/C14H10Cl2F3N3O3/c15-8-3-7(4-9(16)5-8)13(14(17,18)19)6-11(22-25-13)21-2-1-10(20)12(23)24/h1-5H,6,20H2,(H,23,24). The van der Waals surface area contributed by atoms with Crippen molar-refractivity contribution >= 4 is 41.2 Å². The van der Waals surface area contributed by atoms with Crippen molar-refractivity contribution in [3.63, 3.8) is 0 Å². The Morgan fingerprint density at radius 1 is 1.36 bits per heavy atom. The normalized spacial score (nSPS) is 21.3. The van der Waals surface area contributed by atoms with Crippen molar-refractivity contribution < 1.29 is 27.9 Å². The van der Waals surface area contributed by atoms with E-state index in [1.807, 2.05) is 0 Å². The summed E-state index contributed by atoms with van der Waals surface area (Å²) in [6.07, 6.45) is -3.75. The zero-order valence-corrected chi connectivity index (χ0v) is 13.7. The van der Waals surface area contributed by atoms with Crippen LogP contribution in [0.15, 0.2) is 40.1 Å². The smallest absolute Gasteiger partial charge is 0.435 e. The first-order chi connectivity index (χ1) is 11.5. The summed E-state index contributed by atoms with van der Waals surface area (Å²) < 4.78 is 40.9. The van der Waals surface area contributed by atoms with Crippen LogP contribution >= 0.6 is 23.2 Å². The van der Waals surface area contributed by atoms with E-state index in [1.54, 1.807) is 0 Å². The van der Waals surface area contributed by atoms with Crippen LogP contribution in [0.3, 0.4) is 0 Å². The summed E-state index contributed by atoms with van der Waals surface area (Å²) in [6, 6.07) is 3.43. The van der Waals surface area contributed by atoms with E-state index in [4.69, 9.17) is 34.0 Å². The predicted molar refractivity (Wildman–Crippen MR) is 85.7 cm³/mol. The number of hydrogen-bond donors (Lipinski definition) is 2. The van der Waals surface area contributed by atoms with Crippen molar-refractivity contribution in [2.24, 2.45) is 15.9 Å². The third kappa shape index (κ3) is 4.05. The Bertz CT molecular complexity index is 773. The second-order valence-corrected chi connectivity index (χ2v) is 5.84. The highest BCUT2D eigenvalue weighted by molar-refractivity contribution is 6.34. The molecule has 0 saturated heterocycles. The molecule has 2 rings (SSSR count). The lowest BCUT2D eigenvalue weighted by atomic mass is 9.89. The molecule has 0 bridgehead atoms. The van der Waals surface area contributed by atoms with Gasteiger partial charge >= 0.3 is 12.1 Å². The molecule has 0 spiro atoms. The van der Waals surface area contributed by atoms with Gasteiger partial charge in [0.15, 0.2) is 5.84 Å². The Morgan fingerprint density at radius 3 is 2.48 bits per heavy atom. The Labute approximate surface area is 149 Å². The van der Waals surface area contributed by atoms with E-state index in [2.05, 4.69) is 15.0 Å². The van der Waals surface area contributed by atoms with Crippen LogP contribution < -0.4 is 5.73 Å². The second-order valence-electron chi connectivity index (χ2n) is 4.96. The lowest BCUT2D eigenvalue weighted by molar-refractivity contribution is -0.275. The van der Waals surface area contributed by atoms with E-state index in [1.165, 1.54) is 6.07 Å². The minimum atomic E-state index is -4.84. The highest BCUT2D eigenvalue weighted by Crippen LogP contribution is 2.49. The number of carboxylic acid groups (broad SMARTS) is 1. The lowest BCUT2D eigenvalue weighted by Gasteiger charge is -2.29. The number of allylic oxidation sites excluding steroid dienone is 1. The van der Waals surface area contributed by atoms with Gasteiger partial charge in [0.25, 0.3) is 5.60 Å². The fourth-order valence-electron chi connectivity index (χ4n) is 2.02. The number of aliphatic carboxylic acids is 1. The number of benzene rings is 1.